The zero-order valence-electron chi connectivity index (χ0n) is 62.0. The summed E-state index contributed by atoms with van der Waals surface area (Å²) in [4.78, 5) is 13.4. The summed E-state index contributed by atoms with van der Waals surface area (Å²) in [6.07, 6.45) is 62.5. The Hall–Kier alpha value is -4.33. The topological polar surface area (TPSA) is 307 Å². The highest BCUT2D eigenvalue weighted by Crippen LogP contribution is 2.33. The van der Waals surface area contributed by atoms with Gasteiger partial charge in [0.2, 0.25) is 5.91 Å². The highest BCUT2D eigenvalue weighted by atomic mass is 16.8. The van der Waals surface area contributed by atoms with Gasteiger partial charge in [-0.2, -0.15) is 0 Å². The molecule has 0 spiro atoms. The molecule has 19 heteroatoms. The van der Waals surface area contributed by atoms with Gasteiger partial charge in [-0.1, -0.05) is 269 Å². The van der Waals surface area contributed by atoms with Crippen LogP contribution in [0.4, 0.5) is 0 Å². The molecule has 3 rings (SSSR count). The maximum atomic E-state index is 13.4. The highest BCUT2D eigenvalue weighted by Gasteiger charge is 2.53. The molecule has 0 radical (unpaired) electrons. The van der Waals surface area contributed by atoms with Crippen molar-refractivity contribution in [2.45, 2.75) is 343 Å². The zero-order valence-corrected chi connectivity index (χ0v) is 62.0. The third kappa shape index (κ3) is 41.5. The van der Waals surface area contributed by atoms with E-state index in [-0.39, 0.29) is 18.9 Å². The number of ether oxygens (including phenoxy) is 6. The van der Waals surface area contributed by atoms with Crippen LogP contribution in [0.25, 0.3) is 0 Å². The van der Waals surface area contributed by atoms with Gasteiger partial charge >= 0.3 is 0 Å². The van der Waals surface area contributed by atoms with Crippen molar-refractivity contribution in [1.82, 2.24) is 5.32 Å². The standard InChI is InChI=1S/C83H137NO18/c1-3-5-7-9-11-13-15-17-19-21-23-24-25-26-27-28-29-30-31-32-33-34-35-36-37-38-39-40-41-42-43-45-47-49-51-53-55-57-59-61-71(89)84-66(67(88)60-58-56-54-52-50-48-46-44-22-20-18-16-14-12-10-8-6-4-2)65-97-81-77(95)74(92)79(69(63-86)99-81)102-83-78(96)75(93)80(70(64-87)100-83)101-82-76(94)73(91)72(90)68(62-85)98-82/h5,7,11,13,17,19,23-24,26-27,29-30,32-33,35-36,38-39,41-42,50,52,58,60,66-70,72-83,85-88,90-96H,3-4,6,8-10,12,14-16,18,20-22,25,28,31,34,37,40,43-49,51,53-57,59,61-65H2,1-2H3,(H,84,89)/b7-5-,13-11-,19-17-,24-23-,27-26-,30-29-,33-32-,36-35-,39-38-,42-41-,52-50+,60-58+. The second-order valence-electron chi connectivity index (χ2n) is 27.1. The van der Waals surface area contributed by atoms with Crippen LogP contribution in [0.15, 0.2) is 146 Å². The Balaban J connectivity index is 1.37. The fourth-order valence-corrected chi connectivity index (χ4v) is 12.1. The van der Waals surface area contributed by atoms with E-state index in [1.807, 2.05) is 6.08 Å². The maximum Gasteiger partial charge on any atom is 0.220 e. The van der Waals surface area contributed by atoms with Gasteiger partial charge in [0, 0.05) is 6.42 Å². The molecule has 3 saturated heterocycles. The van der Waals surface area contributed by atoms with Crippen LogP contribution in [0.1, 0.15) is 239 Å². The predicted octanol–water partition coefficient (Wildman–Crippen LogP) is 12.7. The number of amides is 1. The number of aliphatic hydroxyl groups excluding tert-OH is 11. The lowest BCUT2D eigenvalue weighted by molar-refractivity contribution is -0.379. The molecule has 0 aromatic rings. The van der Waals surface area contributed by atoms with Crippen molar-refractivity contribution in [2.75, 3.05) is 26.4 Å². The molecule has 3 aliphatic rings. The summed E-state index contributed by atoms with van der Waals surface area (Å²) in [7, 11) is 0. The number of allylic oxidation sites excluding steroid dienone is 23. The minimum Gasteiger partial charge on any atom is -0.394 e. The van der Waals surface area contributed by atoms with Gasteiger partial charge < -0.3 is 89.9 Å². The van der Waals surface area contributed by atoms with E-state index < -0.39 is 124 Å². The molecule has 12 N–H and O–H groups in total. The molecule has 582 valence electrons. The first-order chi connectivity index (χ1) is 49.8. The van der Waals surface area contributed by atoms with E-state index in [1.165, 1.54) is 77.0 Å². The predicted molar refractivity (Wildman–Crippen MR) is 406 cm³/mol. The first kappa shape index (κ1) is 91.9. The molecule has 0 aromatic heterocycles. The summed E-state index contributed by atoms with van der Waals surface area (Å²) >= 11 is 0. The molecule has 3 heterocycles. The van der Waals surface area contributed by atoms with Gasteiger partial charge in [-0.25, -0.2) is 0 Å². The number of carbonyl (C=O) groups is 1. The van der Waals surface area contributed by atoms with Crippen LogP contribution in [0.3, 0.4) is 0 Å². The first-order valence-electron chi connectivity index (χ1n) is 39.1. The molecular weight excluding hydrogens is 1300 g/mol. The van der Waals surface area contributed by atoms with Crippen molar-refractivity contribution in [2.24, 2.45) is 0 Å². The Kier molecular flexibility index (Phi) is 55.7. The van der Waals surface area contributed by atoms with Gasteiger partial charge in [-0.3, -0.25) is 4.79 Å². The number of unbranched alkanes of at least 4 members (excludes halogenated alkanes) is 21. The second-order valence-corrected chi connectivity index (χ2v) is 27.1. The minimum absolute atomic E-state index is 0.216. The van der Waals surface area contributed by atoms with Crippen molar-refractivity contribution in [3.8, 4) is 0 Å². The molecule has 3 aliphatic heterocycles. The second kappa shape index (κ2) is 61.8. The van der Waals surface area contributed by atoms with E-state index in [4.69, 9.17) is 28.4 Å². The molecule has 102 heavy (non-hydrogen) atoms. The molecule has 17 atom stereocenters. The average Bonchev–Trinajstić information content (AvgIpc) is 0.781. The van der Waals surface area contributed by atoms with E-state index >= 15 is 0 Å². The number of rotatable bonds is 59. The summed E-state index contributed by atoms with van der Waals surface area (Å²) in [5.74, 6) is -0.299. The molecule has 1 amide bonds. The van der Waals surface area contributed by atoms with Crippen LogP contribution < -0.4 is 5.32 Å². The zero-order chi connectivity index (χ0) is 73.9. The Morgan fingerprint density at radius 1 is 0.363 bits per heavy atom. The van der Waals surface area contributed by atoms with E-state index in [0.29, 0.717) is 12.8 Å². The normalized spacial score (nSPS) is 27.0. The van der Waals surface area contributed by atoms with E-state index in [0.717, 1.165) is 128 Å². The van der Waals surface area contributed by atoms with Crippen molar-refractivity contribution in [3.05, 3.63) is 146 Å². The van der Waals surface area contributed by atoms with E-state index in [1.54, 1.807) is 6.08 Å². The fraction of sp³-hybridized carbons (Fsp3) is 0.699. The van der Waals surface area contributed by atoms with Gasteiger partial charge in [0.15, 0.2) is 18.9 Å². The third-order valence-corrected chi connectivity index (χ3v) is 18.4. The number of carbonyl (C=O) groups excluding carboxylic acids is 1. The SMILES string of the molecule is CC/C=C\C/C=C\C/C=C\C/C=C\C/C=C\C/C=C\C/C=C\C/C=C\C/C=C\C/C=C\CCCCCCCCCCC(=O)NC(COC1OC(CO)C(OC2OC(CO)C(OC3OC(CO)C(O)C(O)C3O)C(O)C2O)C(O)C1O)C(O)/C=C/CC/C=C/CCCCCCCCCCCCCC. The van der Waals surface area contributed by atoms with Gasteiger partial charge in [0.1, 0.15) is 73.2 Å². The lowest BCUT2D eigenvalue weighted by Gasteiger charge is -2.48. The summed E-state index contributed by atoms with van der Waals surface area (Å²) in [6.45, 7) is 1.58. The summed E-state index contributed by atoms with van der Waals surface area (Å²) < 4.78 is 34.4. The quantitative estimate of drug-likeness (QED) is 0.0199. The Labute approximate surface area is 613 Å². The van der Waals surface area contributed by atoms with E-state index in [2.05, 4.69) is 153 Å². The molecule has 0 aromatic carbocycles. The average molecular weight is 1440 g/mol. The van der Waals surface area contributed by atoms with Crippen molar-refractivity contribution < 1.29 is 89.4 Å². The number of hydrogen-bond donors (Lipinski definition) is 12. The Morgan fingerprint density at radius 3 is 1.10 bits per heavy atom. The van der Waals surface area contributed by atoms with E-state index in [9.17, 15) is 61.0 Å². The molecule has 3 fully saturated rings. The van der Waals surface area contributed by atoms with Crippen LogP contribution in [0.2, 0.25) is 0 Å². The summed E-state index contributed by atoms with van der Waals surface area (Å²) in [5, 5.41) is 121. The number of aliphatic hydroxyl groups is 11. The van der Waals surface area contributed by atoms with Crippen LogP contribution >= 0.6 is 0 Å². The van der Waals surface area contributed by atoms with Crippen molar-refractivity contribution in [1.29, 1.82) is 0 Å². The van der Waals surface area contributed by atoms with Gasteiger partial charge in [0.25, 0.3) is 0 Å². The molecule has 19 nitrogen and oxygen atoms in total. The smallest absolute Gasteiger partial charge is 0.220 e. The van der Waals surface area contributed by atoms with Gasteiger partial charge in [-0.15, -0.1) is 0 Å². The summed E-state index contributed by atoms with van der Waals surface area (Å²) in [6, 6.07) is -1.01. The van der Waals surface area contributed by atoms with Crippen LogP contribution in [-0.4, -0.2) is 193 Å². The Bertz CT molecular complexity index is 2410. The van der Waals surface area contributed by atoms with Crippen LogP contribution in [0, 0.1) is 0 Å². The fourth-order valence-electron chi connectivity index (χ4n) is 12.1. The lowest BCUT2D eigenvalue weighted by atomic mass is 9.96. The number of nitrogens with one attached hydrogen (secondary N) is 1. The third-order valence-electron chi connectivity index (χ3n) is 18.4. The molecule has 0 aliphatic carbocycles. The van der Waals surface area contributed by atoms with Crippen molar-refractivity contribution in [3.63, 3.8) is 0 Å². The highest BCUT2D eigenvalue weighted by molar-refractivity contribution is 5.76. The largest absolute Gasteiger partial charge is 0.394 e. The first-order valence-corrected chi connectivity index (χ1v) is 39.1. The van der Waals surface area contributed by atoms with Crippen LogP contribution in [-0.2, 0) is 33.2 Å². The summed E-state index contributed by atoms with van der Waals surface area (Å²) in [5.41, 5.74) is 0. The number of hydrogen-bond acceptors (Lipinski definition) is 18. The lowest BCUT2D eigenvalue weighted by Crippen LogP contribution is -2.66. The molecular formula is C83H137NO18. The van der Waals surface area contributed by atoms with Gasteiger partial charge in [0.05, 0.1) is 38.6 Å². The molecule has 0 bridgehead atoms. The van der Waals surface area contributed by atoms with Crippen LogP contribution in [0.5, 0.6) is 0 Å². The monoisotopic (exact) mass is 1440 g/mol. The Morgan fingerprint density at radius 2 is 0.686 bits per heavy atom. The molecule has 17 unspecified atom stereocenters. The van der Waals surface area contributed by atoms with Gasteiger partial charge in [-0.05, 0) is 109 Å². The molecule has 0 saturated carbocycles. The van der Waals surface area contributed by atoms with Crippen molar-refractivity contribution >= 4 is 5.91 Å². The minimum atomic E-state index is -1.99. The maximum absolute atomic E-state index is 13.4.